The summed E-state index contributed by atoms with van der Waals surface area (Å²) in [4.78, 5) is 12.6. The average Bonchev–Trinajstić information content (AvgIpc) is 2.86. The van der Waals surface area contributed by atoms with E-state index in [-0.39, 0.29) is 0 Å². The minimum atomic E-state index is 0.306. The average molecular weight is 237 g/mol. The minimum Gasteiger partial charge on any atom is -0.330 e. The Kier molecular flexibility index (Phi) is 4.61. The van der Waals surface area contributed by atoms with Crippen molar-refractivity contribution in [3.8, 4) is 0 Å². The van der Waals surface area contributed by atoms with Gasteiger partial charge in [-0.25, -0.2) is 0 Å². The topological polar surface area (TPSA) is 43.1 Å². The molecule has 17 heavy (non-hydrogen) atoms. The molecule has 0 heterocycles. The van der Waals surface area contributed by atoms with Gasteiger partial charge in [-0.05, 0) is 44.1 Å². The third-order valence-corrected chi connectivity index (χ3v) is 5.09. The second-order valence-electron chi connectivity index (χ2n) is 6.07. The van der Waals surface area contributed by atoms with E-state index in [9.17, 15) is 4.79 Å². The summed E-state index contributed by atoms with van der Waals surface area (Å²) in [5, 5.41) is 0. The highest BCUT2D eigenvalue weighted by Gasteiger charge is 2.37. The molecule has 0 radical (unpaired) electrons. The summed E-state index contributed by atoms with van der Waals surface area (Å²) in [6.07, 6.45) is 9.63. The highest BCUT2D eigenvalue weighted by molar-refractivity contribution is 5.84. The van der Waals surface area contributed by atoms with Gasteiger partial charge < -0.3 is 5.73 Å². The SMILES string of the molecule is CCC1CCCC(C(=O)C2CCCC2CN)C1. The Hall–Kier alpha value is -0.370. The molecule has 98 valence electrons. The lowest BCUT2D eigenvalue weighted by Crippen LogP contribution is -2.32. The molecule has 2 aliphatic rings. The van der Waals surface area contributed by atoms with E-state index in [1.165, 1.54) is 32.1 Å². The Morgan fingerprint density at radius 2 is 1.94 bits per heavy atom. The van der Waals surface area contributed by atoms with Crippen LogP contribution in [0.5, 0.6) is 0 Å². The Morgan fingerprint density at radius 3 is 2.65 bits per heavy atom. The first-order valence-corrected chi connectivity index (χ1v) is 7.50. The van der Waals surface area contributed by atoms with Crippen LogP contribution in [0.25, 0.3) is 0 Å². The van der Waals surface area contributed by atoms with Crippen LogP contribution in [-0.4, -0.2) is 12.3 Å². The van der Waals surface area contributed by atoms with Crippen LogP contribution in [0.15, 0.2) is 0 Å². The van der Waals surface area contributed by atoms with Crippen LogP contribution in [0.1, 0.15) is 58.3 Å². The molecule has 0 spiro atoms. The summed E-state index contributed by atoms with van der Waals surface area (Å²) in [5.74, 6) is 2.53. The van der Waals surface area contributed by atoms with Crippen LogP contribution in [0.3, 0.4) is 0 Å². The molecule has 4 atom stereocenters. The van der Waals surface area contributed by atoms with Crippen molar-refractivity contribution < 1.29 is 4.79 Å². The fraction of sp³-hybridized carbons (Fsp3) is 0.933. The zero-order valence-corrected chi connectivity index (χ0v) is 11.2. The van der Waals surface area contributed by atoms with Gasteiger partial charge in [0.05, 0.1) is 0 Å². The van der Waals surface area contributed by atoms with E-state index >= 15 is 0 Å². The number of ketones is 1. The molecule has 0 aromatic carbocycles. The van der Waals surface area contributed by atoms with Crippen LogP contribution in [0.4, 0.5) is 0 Å². The summed E-state index contributed by atoms with van der Waals surface area (Å²) in [6.45, 7) is 2.97. The van der Waals surface area contributed by atoms with Gasteiger partial charge >= 0.3 is 0 Å². The van der Waals surface area contributed by atoms with Crippen LogP contribution in [0, 0.1) is 23.7 Å². The molecule has 2 fully saturated rings. The molecular formula is C15H27NO. The van der Waals surface area contributed by atoms with E-state index in [0.29, 0.717) is 30.1 Å². The van der Waals surface area contributed by atoms with Crippen molar-refractivity contribution in [3.63, 3.8) is 0 Å². The molecular weight excluding hydrogens is 210 g/mol. The van der Waals surface area contributed by atoms with Gasteiger partial charge in [-0.1, -0.05) is 32.6 Å². The van der Waals surface area contributed by atoms with E-state index in [4.69, 9.17) is 5.73 Å². The highest BCUT2D eigenvalue weighted by Crippen LogP contribution is 2.38. The van der Waals surface area contributed by atoms with Crippen molar-refractivity contribution in [1.82, 2.24) is 0 Å². The molecule has 2 nitrogen and oxygen atoms in total. The molecule has 0 saturated heterocycles. The van der Waals surface area contributed by atoms with Crippen LogP contribution < -0.4 is 5.73 Å². The van der Waals surface area contributed by atoms with E-state index in [1.807, 2.05) is 0 Å². The van der Waals surface area contributed by atoms with Gasteiger partial charge in [0.2, 0.25) is 0 Å². The summed E-state index contributed by atoms with van der Waals surface area (Å²) in [5.41, 5.74) is 5.79. The second kappa shape index (κ2) is 5.99. The molecule has 0 aromatic rings. The first-order chi connectivity index (χ1) is 8.26. The largest absolute Gasteiger partial charge is 0.330 e. The summed E-state index contributed by atoms with van der Waals surface area (Å²) in [6, 6.07) is 0. The van der Waals surface area contributed by atoms with Gasteiger partial charge in [0.25, 0.3) is 0 Å². The quantitative estimate of drug-likeness (QED) is 0.816. The molecule has 2 saturated carbocycles. The molecule has 2 aliphatic carbocycles. The molecule has 2 rings (SSSR count). The van der Waals surface area contributed by atoms with E-state index < -0.39 is 0 Å². The second-order valence-corrected chi connectivity index (χ2v) is 6.07. The first-order valence-electron chi connectivity index (χ1n) is 7.50. The predicted octanol–water partition coefficient (Wildman–Crippen LogP) is 3.15. The Morgan fingerprint density at radius 1 is 1.18 bits per heavy atom. The number of carbonyl (C=O) groups is 1. The molecule has 2 heteroatoms. The van der Waals surface area contributed by atoms with Crippen molar-refractivity contribution in [2.75, 3.05) is 6.54 Å². The van der Waals surface area contributed by atoms with E-state index in [0.717, 1.165) is 25.2 Å². The van der Waals surface area contributed by atoms with Crippen LogP contribution in [-0.2, 0) is 4.79 Å². The number of carbonyl (C=O) groups excluding carboxylic acids is 1. The third-order valence-electron chi connectivity index (χ3n) is 5.09. The van der Waals surface area contributed by atoms with Gasteiger partial charge in [-0.3, -0.25) is 4.79 Å². The van der Waals surface area contributed by atoms with Crippen molar-refractivity contribution >= 4 is 5.78 Å². The van der Waals surface area contributed by atoms with Crippen LogP contribution in [0.2, 0.25) is 0 Å². The number of rotatable bonds is 4. The Labute approximate surface area is 105 Å². The normalized spacial score (nSPS) is 38.2. The molecule has 0 aromatic heterocycles. The van der Waals surface area contributed by atoms with Gasteiger partial charge in [-0.15, -0.1) is 0 Å². The summed E-state index contributed by atoms with van der Waals surface area (Å²) in [7, 11) is 0. The van der Waals surface area contributed by atoms with Crippen molar-refractivity contribution in [1.29, 1.82) is 0 Å². The number of Topliss-reactive ketones (excluding diaryl/α,β-unsaturated/α-hetero) is 1. The number of hydrogen-bond donors (Lipinski definition) is 1. The molecule has 4 unspecified atom stereocenters. The van der Waals surface area contributed by atoms with Gasteiger partial charge in [-0.2, -0.15) is 0 Å². The lowest BCUT2D eigenvalue weighted by Gasteiger charge is -2.30. The van der Waals surface area contributed by atoms with E-state index in [2.05, 4.69) is 6.92 Å². The summed E-state index contributed by atoms with van der Waals surface area (Å²) >= 11 is 0. The zero-order valence-electron chi connectivity index (χ0n) is 11.2. The van der Waals surface area contributed by atoms with Crippen molar-refractivity contribution in [3.05, 3.63) is 0 Å². The van der Waals surface area contributed by atoms with Gasteiger partial charge in [0.15, 0.2) is 0 Å². The van der Waals surface area contributed by atoms with Crippen molar-refractivity contribution in [2.45, 2.75) is 58.3 Å². The highest BCUT2D eigenvalue weighted by atomic mass is 16.1. The Bertz CT molecular complexity index is 264. The van der Waals surface area contributed by atoms with Gasteiger partial charge in [0.1, 0.15) is 5.78 Å². The van der Waals surface area contributed by atoms with Crippen LogP contribution >= 0.6 is 0 Å². The van der Waals surface area contributed by atoms with Gasteiger partial charge in [0, 0.05) is 11.8 Å². The monoisotopic (exact) mass is 237 g/mol. The van der Waals surface area contributed by atoms with Crippen molar-refractivity contribution in [2.24, 2.45) is 29.4 Å². The number of nitrogens with two attached hydrogens (primary N) is 1. The Balaban J connectivity index is 1.94. The molecule has 0 aliphatic heterocycles. The maximum Gasteiger partial charge on any atom is 0.139 e. The maximum absolute atomic E-state index is 12.6. The summed E-state index contributed by atoms with van der Waals surface area (Å²) < 4.78 is 0. The fourth-order valence-corrected chi connectivity index (χ4v) is 3.92. The molecule has 0 bridgehead atoms. The smallest absolute Gasteiger partial charge is 0.139 e. The maximum atomic E-state index is 12.6. The van der Waals surface area contributed by atoms with E-state index in [1.54, 1.807) is 0 Å². The predicted molar refractivity (Wildman–Crippen MR) is 70.6 cm³/mol. The standard InChI is InChI=1S/C15H27NO/c1-2-11-5-3-6-12(9-11)15(17)14-8-4-7-13(14)10-16/h11-14H,2-10,16H2,1H3. The number of hydrogen-bond acceptors (Lipinski definition) is 2. The third kappa shape index (κ3) is 2.90. The zero-order chi connectivity index (χ0) is 12.3. The molecule has 0 amide bonds. The molecule has 2 N–H and O–H groups in total. The minimum absolute atomic E-state index is 0.306. The lowest BCUT2D eigenvalue weighted by atomic mass is 9.74. The lowest BCUT2D eigenvalue weighted by molar-refractivity contribution is -0.129. The fourth-order valence-electron chi connectivity index (χ4n) is 3.92. The first kappa shape index (κ1) is 13.1.